The number of rotatable bonds is 4. The van der Waals surface area contributed by atoms with Gasteiger partial charge < -0.3 is 14.2 Å². The molecule has 0 aromatic rings. The van der Waals surface area contributed by atoms with E-state index in [2.05, 4.69) is 13.8 Å². The molecule has 8 heteroatoms. The molecular weight excluding hydrogens is 274 g/mol. The molecule has 0 aliphatic carbocycles. The number of hydrogen-bond donors (Lipinski definition) is 1. The molecule has 0 saturated carbocycles. The summed E-state index contributed by atoms with van der Waals surface area (Å²) in [4.78, 5) is 0. The topological polar surface area (TPSA) is 100 Å². The van der Waals surface area contributed by atoms with Gasteiger partial charge in [-0.2, -0.15) is 0 Å². The van der Waals surface area contributed by atoms with Crippen LogP contribution in [0.2, 0.25) is 0 Å². The summed E-state index contributed by atoms with van der Waals surface area (Å²) < 4.78 is 34.1. The largest absolute Gasteiger partial charge is 1.00 e. The summed E-state index contributed by atoms with van der Waals surface area (Å²) in [7, 11) is -5.17. The van der Waals surface area contributed by atoms with E-state index in [1.807, 2.05) is 0 Å². The van der Waals surface area contributed by atoms with Gasteiger partial charge in [-0.25, -0.2) is 0 Å². The molecule has 1 N–H and O–H groups in total. The maximum atomic E-state index is 8.52. The minimum atomic E-state index is -5.17. The van der Waals surface area contributed by atoms with Crippen LogP contribution in [0.15, 0.2) is 0 Å². The first-order chi connectivity index (χ1) is 5.77. The third-order valence-electron chi connectivity index (χ3n) is 1.19. The molecule has 0 aromatic carbocycles. The average molecular weight is 290 g/mol. The average Bonchev–Trinajstić information content (AvgIpc) is 1.83. The molecule has 15 heavy (non-hydrogen) atoms. The van der Waals surface area contributed by atoms with Crippen molar-refractivity contribution in [3.63, 3.8) is 0 Å². The van der Waals surface area contributed by atoms with E-state index in [1.54, 1.807) is 0 Å². The van der Waals surface area contributed by atoms with Crippen LogP contribution in [-0.4, -0.2) is 29.2 Å². The molecule has 0 atom stereocenters. The van der Waals surface area contributed by atoms with Crippen LogP contribution in [0.4, 0.5) is 0 Å². The maximum absolute atomic E-state index is 8.52. The molecule has 0 unspecified atom stereocenters. The minimum Gasteiger partial charge on any atom is -0.759 e. The van der Waals surface area contributed by atoms with Crippen molar-refractivity contribution in [1.82, 2.24) is 0 Å². The summed E-state index contributed by atoms with van der Waals surface area (Å²) in [5.74, 6) is 0.793. The van der Waals surface area contributed by atoms with Gasteiger partial charge in [0.1, 0.15) is 0 Å². The standard InChI is InChI=1S/C7H16O.2K.H2O4S/c1-7(2)5-3-4-6-8;;;1-5(2,3)4/h7-8H,3-6H2,1-2H3;;;(H2,1,2,3,4)/q;2*+1;/p-2. The van der Waals surface area contributed by atoms with Crippen LogP contribution in [0.1, 0.15) is 33.1 Å². The van der Waals surface area contributed by atoms with Crippen molar-refractivity contribution < 1.29 is 125 Å². The number of aliphatic hydroxyl groups excluding tert-OH is 1. The first kappa shape index (κ1) is 26.6. The number of aliphatic hydroxyl groups is 1. The van der Waals surface area contributed by atoms with Crippen LogP contribution < -0.4 is 103 Å². The molecule has 82 valence electrons. The Morgan fingerprint density at radius 2 is 1.47 bits per heavy atom. The van der Waals surface area contributed by atoms with E-state index in [9.17, 15) is 0 Å². The first-order valence-electron chi connectivity index (χ1n) is 4.05. The van der Waals surface area contributed by atoms with Gasteiger partial charge in [0.15, 0.2) is 0 Å². The summed E-state index contributed by atoms with van der Waals surface area (Å²) in [5, 5.41) is 8.38. The zero-order valence-electron chi connectivity index (χ0n) is 9.89. The smallest absolute Gasteiger partial charge is 0.759 e. The van der Waals surface area contributed by atoms with Gasteiger partial charge in [-0.15, -0.1) is 0 Å². The van der Waals surface area contributed by atoms with Crippen LogP contribution in [0, 0.1) is 5.92 Å². The van der Waals surface area contributed by atoms with Gasteiger partial charge in [0.25, 0.3) is 0 Å². The molecule has 5 nitrogen and oxygen atoms in total. The van der Waals surface area contributed by atoms with E-state index in [4.69, 9.17) is 22.6 Å². The predicted octanol–water partition coefficient (Wildman–Crippen LogP) is -5.52. The van der Waals surface area contributed by atoms with Gasteiger partial charge in [-0.05, 0) is 12.3 Å². The Balaban J connectivity index is -0.0000000770. The number of hydrogen-bond acceptors (Lipinski definition) is 5. The van der Waals surface area contributed by atoms with Crippen LogP contribution >= 0.6 is 0 Å². The molecule has 0 rings (SSSR count). The van der Waals surface area contributed by atoms with Crippen molar-refractivity contribution in [2.45, 2.75) is 33.1 Å². The van der Waals surface area contributed by atoms with Gasteiger partial charge >= 0.3 is 103 Å². The van der Waals surface area contributed by atoms with E-state index >= 15 is 0 Å². The molecule has 0 aliphatic rings. The number of unbranched alkanes of at least 4 members (excludes halogenated alkanes) is 1. The van der Waals surface area contributed by atoms with Crippen molar-refractivity contribution in [3.8, 4) is 0 Å². The maximum Gasteiger partial charge on any atom is 1.00 e. The molecular formula is C7H16K2O5S. The minimum absolute atomic E-state index is 0. The summed E-state index contributed by atoms with van der Waals surface area (Å²) in [6.07, 6.45) is 3.40. The van der Waals surface area contributed by atoms with Gasteiger partial charge in [-0.1, -0.05) is 26.7 Å². The van der Waals surface area contributed by atoms with Gasteiger partial charge in [-0.3, -0.25) is 8.42 Å². The zero-order valence-corrected chi connectivity index (χ0v) is 17.0. The Bertz CT molecular complexity index is 186. The molecule has 0 heterocycles. The van der Waals surface area contributed by atoms with Crippen LogP contribution in [0.25, 0.3) is 0 Å². The summed E-state index contributed by atoms with van der Waals surface area (Å²) in [6.45, 7) is 4.77. The molecule has 0 aliphatic heterocycles. The quantitative estimate of drug-likeness (QED) is 0.241. The SMILES string of the molecule is CC(C)CCCCO.O=S(=O)([O-])[O-].[K+].[K+]. The molecule has 0 aromatic heterocycles. The monoisotopic (exact) mass is 290 g/mol. The van der Waals surface area contributed by atoms with Crippen LogP contribution in [-0.2, 0) is 10.4 Å². The van der Waals surface area contributed by atoms with E-state index < -0.39 is 10.4 Å². The van der Waals surface area contributed by atoms with Gasteiger partial charge in [0.05, 0.1) is 0 Å². The predicted molar refractivity (Wildman–Crippen MR) is 46.2 cm³/mol. The molecule has 0 radical (unpaired) electrons. The van der Waals surface area contributed by atoms with Crippen molar-refractivity contribution in [2.24, 2.45) is 5.92 Å². The van der Waals surface area contributed by atoms with Crippen molar-refractivity contribution >= 4 is 10.4 Å². The first-order valence-corrected chi connectivity index (χ1v) is 5.38. The Hall–Kier alpha value is 3.10. The molecule has 0 amide bonds. The van der Waals surface area contributed by atoms with E-state index in [0.29, 0.717) is 6.61 Å². The Morgan fingerprint density at radius 3 is 1.67 bits per heavy atom. The fourth-order valence-corrected chi connectivity index (χ4v) is 0.664. The zero-order chi connectivity index (χ0) is 10.9. The summed E-state index contributed by atoms with van der Waals surface area (Å²) in [6, 6.07) is 0. The van der Waals surface area contributed by atoms with Gasteiger partial charge in [0, 0.05) is 17.0 Å². The molecule has 0 bridgehead atoms. The Morgan fingerprint density at radius 1 is 1.13 bits per heavy atom. The normalized spacial score (nSPS) is 9.47. The second-order valence-electron chi connectivity index (χ2n) is 3.02. The van der Waals surface area contributed by atoms with Gasteiger partial charge in [0.2, 0.25) is 0 Å². The van der Waals surface area contributed by atoms with Crippen molar-refractivity contribution in [3.05, 3.63) is 0 Å². The van der Waals surface area contributed by atoms with Crippen molar-refractivity contribution in [1.29, 1.82) is 0 Å². The third kappa shape index (κ3) is 59.4. The second-order valence-corrected chi connectivity index (χ2v) is 3.84. The van der Waals surface area contributed by atoms with E-state index in [0.717, 1.165) is 12.3 Å². The molecule has 0 saturated heterocycles. The second kappa shape index (κ2) is 17.1. The summed E-state index contributed by atoms with van der Waals surface area (Å²) in [5.41, 5.74) is 0. The molecule has 0 fully saturated rings. The van der Waals surface area contributed by atoms with E-state index in [1.165, 1.54) is 12.8 Å². The third-order valence-corrected chi connectivity index (χ3v) is 1.19. The fraction of sp³-hybridized carbons (Fsp3) is 1.00. The Kier molecular flexibility index (Phi) is 30.4. The fourth-order valence-electron chi connectivity index (χ4n) is 0.664. The Labute approximate surface area is 177 Å². The molecule has 0 spiro atoms. The van der Waals surface area contributed by atoms with E-state index in [-0.39, 0.29) is 103 Å². The van der Waals surface area contributed by atoms with Crippen LogP contribution in [0.3, 0.4) is 0 Å². The van der Waals surface area contributed by atoms with Crippen molar-refractivity contribution in [2.75, 3.05) is 6.61 Å². The van der Waals surface area contributed by atoms with Crippen LogP contribution in [0.5, 0.6) is 0 Å². The summed E-state index contributed by atoms with van der Waals surface area (Å²) >= 11 is 0.